The van der Waals surface area contributed by atoms with Gasteiger partial charge in [0, 0.05) is 28.4 Å². The highest BCUT2D eigenvalue weighted by atomic mass is 35.5. The predicted molar refractivity (Wildman–Crippen MR) is 137 cm³/mol. The van der Waals surface area contributed by atoms with E-state index >= 15 is 0 Å². The predicted octanol–water partition coefficient (Wildman–Crippen LogP) is 5.69. The molecular weight excluding hydrogens is 444 g/mol. The molecule has 0 fully saturated rings. The van der Waals surface area contributed by atoms with E-state index in [0.717, 1.165) is 51.0 Å². The Balaban J connectivity index is 1.46. The minimum atomic E-state index is -0.0271. The van der Waals surface area contributed by atoms with E-state index in [4.69, 9.17) is 18.5 Å². The Morgan fingerprint density at radius 2 is 1.88 bits per heavy atom. The zero-order valence-electron chi connectivity index (χ0n) is 18.5. The van der Waals surface area contributed by atoms with Gasteiger partial charge >= 0.3 is 0 Å². The Labute approximate surface area is 203 Å². The number of hydrogen-bond donors (Lipinski definition) is 2. The maximum Gasteiger partial charge on any atom is 0.250 e. The number of fused-ring (bicyclic) bond motifs is 1. The summed E-state index contributed by atoms with van der Waals surface area (Å²) in [7, 11) is 0. The normalized spacial score (nSPS) is 11.1. The summed E-state index contributed by atoms with van der Waals surface area (Å²) in [5.74, 6) is 0. The van der Waals surface area contributed by atoms with Gasteiger partial charge in [-0.3, -0.25) is 9.89 Å². The van der Waals surface area contributed by atoms with Gasteiger partial charge in [0.1, 0.15) is 0 Å². The molecular formula is C28H23ClN4O. The Morgan fingerprint density at radius 3 is 2.74 bits per heavy atom. The molecule has 0 saturated heterocycles. The summed E-state index contributed by atoms with van der Waals surface area (Å²) >= 11 is 6.20. The fourth-order valence-corrected chi connectivity index (χ4v) is 4.28. The van der Waals surface area contributed by atoms with Crippen molar-refractivity contribution >= 4 is 28.2 Å². The van der Waals surface area contributed by atoms with Gasteiger partial charge in [-0.25, -0.2) is 0 Å². The SMILES string of the molecule is [CH]c1cccc(Cc2ccc(Cn3ccccc3=O)cc2NCc2n[nH]c3ccc(Cl)cc23)c1. The smallest absolute Gasteiger partial charge is 0.250 e. The van der Waals surface area contributed by atoms with Gasteiger partial charge in [0.15, 0.2) is 0 Å². The first-order chi connectivity index (χ1) is 16.5. The summed E-state index contributed by atoms with van der Waals surface area (Å²) in [6.07, 6.45) is 2.53. The molecule has 3 aromatic carbocycles. The highest BCUT2D eigenvalue weighted by molar-refractivity contribution is 6.31. The summed E-state index contributed by atoms with van der Waals surface area (Å²) in [4.78, 5) is 12.2. The minimum Gasteiger partial charge on any atom is -0.379 e. The molecule has 0 unspecified atom stereocenters. The fourth-order valence-electron chi connectivity index (χ4n) is 4.11. The number of H-pyrrole nitrogens is 1. The van der Waals surface area contributed by atoms with Gasteiger partial charge < -0.3 is 9.88 Å². The first-order valence-electron chi connectivity index (χ1n) is 11.0. The van der Waals surface area contributed by atoms with Gasteiger partial charge in [-0.15, -0.1) is 0 Å². The van der Waals surface area contributed by atoms with Crippen molar-refractivity contribution in [3.05, 3.63) is 135 Å². The first-order valence-corrected chi connectivity index (χ1v) is 11.4. The molecule has 0 aliphatic heterocycles. The van der Waals surface area contributed by atoms with E-state index < -0.39 is 0 Å². The molecule has 2 aromatic heterocycles. The van der Waals surface area contributed by atoms with E-state index in [1.807, 2.05) is 42.5 Å². The molecule has 2 radical (unpaired) electrons. The van der Waals surface area contributed by atoms with Crippen LogP contribution in [0.15, 0.2) is 89.9 Å². The Morgan fingerprint density at radius 1 is 0.971 bits per heavy atom. The van der Waals surface area contributed by atoms with Crippen LogP contribution >= 0.6 is 11.6 Å². The van der Waals surface area contributed by atoms with Gasteiger partial charge in [-0.1, -0.05) is 54.1 Å². The molecule has 2 heterocycles. The van der Waals surface area contributed by atoms with Crippen molar-refractivity contribution in [2.45, 2.75) is 19.5 Å². The summed E-state index contributed by atoms with van der Waals surface area (Å²) in [6.45, 7) is 7.01. The third-order valence-electron chi connectivity index (χ3n) is 5.82. The van der Waals surface area contributed by atoms with Crippen LogP contribution in [0.2, 0.25) is 5.02 Å². The molecule has 2 N–H and O–H groups in total. The van der Waals surface area contributed by atoms with E-state index in [9.17, 15) is 4.79 Å². The lowest BCUT2D eigenvalue weighted by atomic mass is 10.00. The second-order valence-corrected chi connectivity index (χ2v) is 8.73. The first kappa shape index (κ1) is 22.0. The summed E-state index contributed by atoms with van der Waals surface area (Å²) in [5.41, 5.74) is 6.83. The number of benzene rings is 3. The molecule has 34 heavy (non-hydrogen) atoms. The number of rotatable bonds is 7. The highest BCUT2D eigenvalue weighted by Crippen LogP contribution is 2.25. The maximum absolute atomic E-state index is 12.2. The number of nitrogens with one attached hydrogen (secondary N) is 2. The van der Waals surface area contributed by atoms with Gasteiger partial charge in [-0.2, -0.15) is 5.10 Å². The third-order valence-corrected chi connectivity index (χ3v) is 6.06. The average Bonchev–Trinajstić information content (AvgIpc) is 3.22. The van der Waals surface area contributed by atoms with E-state index in [1.165, 1.54) is 0 Å². The van der Waals surface area contributed by atoms with Gasteiger partial charge in [0.25, 0.3) is 5.56 Å². The number of hydrogen-bond acceptors (Lipinski definition) is 3. The lowest BCUT2D eigenvalue weighted by Gasteiger charge is -2.15. The molecule has 0 spiro atoms. The summed E-state index contributed by atoms with van der Waals surface area (Å²) < 4.78 is 1.69. The number of aromatic amines is 1. The van der Waals surface area contributed by atoms with Crippen LogP contribution in [0.1, 0.15) is 27.9 Å². The second-order valence-electron chi connectivity index (χ2n) is 8.29. The molecule has 5 aromatic rings. The van der Waals surface area contributed by atoms with Crippen molar-refractivity contribution in [2.75, 3.05) is 5.32 Å². The van der Waals surface area contributed by atoms with Crippen molar-refractivity contribution in [2.24, 2.45) is 0 Å². The lowest BCUT2D eigenvalue weighted by Crippen LogP contribution is -2.18. The van der Waals surface area contributed by atoms with Crippen LogP contribution in [-0.2, 0) is 19.5 Å². The second kappa shape index (κ2) is 9.57. The van der Waals surface area contributed by atoms with Crippen molar-refractivity contribution in [1.82, 2.24) is 14.8 Å². The Kier molecular flexibility index (Phi) is 6.19. The fraction of sp³-hybridized carbons (Fsp3) is 0.107. The van der Waals surface area contributed by atoms with Crippen LogP contribution in [0, 0.1) is 6.92 Å². The van der Waals surface area contributed by atoms with Crippen molar-refractivity contribution in [3.63, 3.8) is 0 Å². The number of halogens is 1. The molecule has 5 nitrogen and oxygen atoms in total. The molecule has 5 rings (SSSR count). The van der Waals surface area contributed by atoms with Crippen molar-refractivity contribution in [1.29, 1.82) is 0 Å². The number of pyridine rings is 1. The molecule has 0 saturated carbocycles. The van der Waals surface area contributed by atoms with Gasteiger partial charge in [0.2, 0.25) is 0 Å². The van der Waals surface area contributed by atoms with E-state index in [1.54, 1.807) is 22.9 Å². The monoisotopic (exact) mass is 466 g/mol. The molecule has 0 bridgehead atoms. The quantitative estimate of drug-likeness (QED) is 0.324. The topological polar surface area (TPSA) is 62.7 Å². The largest absolute Gasteiger partial charge is 0.379 e. The van der Waals surface area contributed by atoms with Gasteiger partial charge in [-0.05, 0) is 65.9 Å². The molecule has 6 heteroatoms. The summed E-state index contributed by atoms with van der Waals surface area (Å²) in [6, 6.07) is 25.1. The van der Waals surface area contributed by atoms with Gasteiger partial charge in [0.05, 0.1) is 24.3 Å². The van der Waals surface area contributed by atoms with Crippen LogP contribution in [0.25, 0.3) is 10.9 Å². The number of anilines is 1. The lowest BCUT2D eigenvalue weighted by molar-refractivity contribution is 0.759. The average molecular weight is 467 g/mol. The number of aromatic nitrogens is 3. The van der Waals surface area contributed by atoms with Crippen LogP contribution in [0.4, 0.5) is 5.69 Å². The van der Waals surface area contributed by atoms with E-state index in [2.05, 4.69) is 39.8 Å². The van der Waals surface area contributed by atoms with Crippen LogP contribution in [0.3, 0.4) is 0 Å². The molecule has 168 valence electrons. The maximum atomic E-state index is 12.2. The van der Waals surface area contributed by atoms with Crippen LogP contribution in [-0.4, -0.2) is 14.8 Å². The molecule has 0 amide bonds. The zero-order valence-corrected chi connectivity index (χ0v) is 19.2. The van der Waals surface area contributed by atoms with Crippen LogP contribution < -0.4 is 10.9 Å². The third kappa shape index (κ3) is 4.90. The van der Waals surface area contributed by atoms with Crippen molar-refractivity contribution in [3.8, 4) is 0 Å². The Hall–Kier alpha value is -3.83. The standard InChI is InChI=1S/C28H23ClN4O/c1-19-5-4-6-20(13-19)14-22-9-8-21(18-33-12-3-2-7-28(33)34)15-26(22)30-17-27-24-16-23(29)10-11-25(24)31-32-27/h1-13,15-16,30H,14,17-18H2,(H,31,32). The number of nitrogens with zero attached hydrogens (tertiary/aromatic N) is 2. The highest BCUT2D eigenvalue weighted by Gasteiger charge is 2.10. The molecule has 0 aliphatic rings. The van der Waals surface area contributed by atoms with Crippen LogP contribution in [0.5, 0.6) is 0 Å². The summed E-state index contributed by atoms with van der Waals surface area (Å²) in [5, 5.41) is 12.8. The van der Waals surface area contributed by atoms with Crippen molar-refractivity contribution < 1.29 is 0 Å². The Bertz CT molecular complexity index is 1520. The van der Waals surface area contributed by atoms with E-state index in [0.29, 0.717) is 18.1 Å². The zero-order chi connectivity index (χ0) is 23.5. The molecule has 0 atom stereocenters. The van der Waals surface area contributed by atoms with E-state index in [-0.39, 0.29) is 5.56 Å². The molecule has 0 aliphatic carbocycles. The minimum absolute atomic E-state index is 0.0271.